The Hall–Kier alpha value is -2.95. The molecule has 3 aromatic rings. The summed E-state index contributed by atoms with van der Waals surface area (Å²) in [6.07, 6.45) is 0. The highest BCUT2D eigenvalue weighted by Gasteiger charge is 2.11. The molecule has 0 radical (unpaired) electrons. The number of carbonyl (C=O) groups excluding carboxylic acids is 1. The van der Waals surface area contributed by atoms with E-state index in [0.29, 0.717) is 16.6 Å². The van der Waals surface area contributed by atoms with Crippen molar-refractivity contribution in [2.75, 3.05) is 5.32 Å². The molecule has 0 spiro atoms. The second-order valence-corrected chi connectivity index (χ2v) is 5.26. The van der Waals surface area contributed by atoms with Crippen molar-refractivity contribution in [3.05, 3.63) is 69.8 Å². The highest BCUT2D eigenvalue weighted by molar-refractivity contribution is 6.02. The lowest BCUT2D eigenvalue weighted by atomic mass is 10.1. The van der Waals surface area contributed by atoms with Crippen LogP contribution in [0.5, 0.6) is 0 Å². The molecule has 1 amide bonds. The van der Waals surface area contributed by atoms with Gasteiger partial charge in [-0.15, -0.1) is 0 Å². The summed E-state index contributed by atoms with van der Waals surface area (Å²) in [4.78, 5) is 31.0. The van der Waals surface area contributed by atoms with E-state index in [9.17, 15) is 9.59 Å². The van der Waals surface area contributed by atoms with Gasteiger partial charge in [0.2, 0.25) is 0 Å². The molecule has 0 fully saturated rings. The first-order chi connectivity index (χ1) is 10.5. The predicted molar refractivity (Wildman–Crippen MR) is 86.2 cm³/mol. The van der Waals surface area contributed by atoms with Crippen LogP contribution in [0.15, 0.2) is 47.3 Å². The largest absolute Gasteiger partial charge is 0.319 e. The number of nitrogens with zero attached hydrogens (tertiary/aromatic N) is 1. The third-order valence-corrected chi connectivity index (χ3v) is 3.31. The molecule has 5 heteroatoms. The highest BCUT2D eigenvalue weighted by atomic mass is 16.2. The maximum Gasteiger partial charge on any atom is 0.291 e. The van der Waals surface area contributed by atoms with Gasteiger partial charge in [0.25, 0.3) is 11.5 Å². The summed E-state index contributed by atoms with van der Waals surface area (Å²) in [5.74, 6) is -0.435. The van der Waals surface area contributed by atoms with E-state index < -0.39 is 5.91 Å². The molecule has 2 N–H and O–H groups in total. The molecular formula is C17H15N3O2. The summed E-state index contributed by atoms with van der Waals surface area (Å²) in [6.45, 7) is 3.91. The predicted octanol–water partition coefficient (Wildman–Crippen LogP) is 2.79. The summed E-state index contributed by atoms with van der Waals surface area (Å²) in [7, 11) is 0. The second kappa shape index (κ2) is 5.44. The first kappa shape index (κ1) is 14.0. The number of hydrogen-bond acceptors (Lipinski definition) is 3. The fourth-order valence-corrected chi connectivity index (χ4v) is 2.43. The molecule has 0 unspecified atom stereocenters. The zero-order valence-electron chi connectivity index (χ0n) is 12.3. The van der Waals surface area contributed by atoms with Crippen molar-refractivity contribution < 1.29 is 4.79 Å². The average molecular weight is 293 g/mol. The molecule has 0 aliphatic rings. The van der Waals surface area contributed by atoms with Crippen LogP contribution in [-0.2, 0) is 0 Å². The third-order valence-electron chi connectivity index (χ3n) is 3.31. The molecule has 0 bridgehead atoms. The maximum atomic E-state index is 12.3. The Balaban J connectivity index is 1.97. The molecule has 5 nitrogen and oxygen atoms in total. The van der Waals surface area contributed by atoms with Gasteiger partial charge in [0, 0.05) is 5.69 Å². The number of fused-ring (bicyclic) bond motifs is 1. The fraction of sp³-hybridized carbons (Fsp3) is 0.118. The lowest BCUT2D eigenvalue weighted by molar-refractivity contribution is 0.101. The van der Waals surface area contributed by atoms with E-state index in [0.717, 1.165) is 11.1 Å². The van der Waals surface area contributed by atoms with Crippen molar-refractivity contribution in [3.63, 3.8) is 0 Å². The molecule has 3 rings (SSSR count). The van der Waals surface area contributed by atoms with Gasteiger partial charge in [-0.3, -0.25) is 9.59 Å². The average Bonchev–Trinajstić information content (AvgIpc) is 2.46. The molecule has 0 aliphatic carbocycles. The Labute approximate surface area is 127 Å². The van der Waals surface area contributed by atoms with Crippen molar-refractivity contribution in [2.24, 2.45) is 0 Å². The van der Waals surface area contributed by atoms with E-state index in [2.05, 4.69) is 15.3 Å². The van der Waals surface area contributed by atoms with Gasteiger partial charge in [0.15, 0.2) is 5.82 Å². The van der Waals surface area contributed by atoms with Crippen molar-refractivity contribution in [1.29, 1.82) is 0 Å². The van der Waals surface area contributed by atoms with Gasteiger partial charge in [-0.1, -0.05) is 18.2 Å². The molecule has 110 valence electrons. The number of benzene rings is 2. The topological polar surface area (TPSA) is 74.8 Å². The van der Waals surface area contributed by atoms with Crippen LogP contribution < -0.4 is 10.9 Å². The normalized spacial score (nSPS) is 10.6. The van der Waals surface area contributed by atoms with Crippen molar-refractivity contribution in [1.82, 2.24) is 9.97 Å². The number of aryl methyl sites for hydroxylation is 2. The number of H-pyrrole nitrogens is 1. The lowest BCUT2D eigenvalue weighted by Crippen LogP contribution is -2.21. The minimum Gasteiger partial charge on any atom is -0.319 e. The van der Waals surface area contributed by atoms with Crippen molar-refractivity contribution >= 4 is 22.5 Å². The summed E-state index contributed by atoms with van der Waals surface area (Å²) in [6, 6.07) is 12.7. The van der Waals surface area contributed by atoms with Crippen molar-refractivity contribution in [3.8, 4) is 0 Å². The zero-order valence-corrected chi connectivity index (χ0v) is 12.3. The smallest absolute Gasteiger partial charge is 0.291 e. The number of para-hydroxylation sites is 1. The van der Waals surface area contributed by atoms with Crippen LogP contribution in [0.1, 0.15) is 21.7 Å². The minimum absolute atomic E-state index is 0.00265. The molecule has 22 heavy (non-hydrogen) atoms. The standard InChI is InChI=1S/C17H15N3O2/c1-10-7-11(2)9-12(8-10)18-17(22)15-19-14-6-4-3-5-13(14)16(21)20-15/h3-9H,1-2H3,(H,18,22)(H,19,20,21). The number of hydrogen-bond donors (Lipinski definition) is 2. The Bertz CT molecular complexity index is 908. The lowest BCUT2D eigenvalue weighted by Gasteiger charge is -2.07. The van der Waals surface area contributed by atoms with Crippen LogP contribution in [0.3, 0.4) is 0 Å². The number of aromatic nitrogens is 2. The van der Waals surface area contributed by atoms with E-state index in [1.165, 1.54) is 0 Å². The molecule has 0 saturated carbocycles. The zero-order chi connectivity index (χ0) is 15.7. The molecule has 0 atom stereocenters. The quantitative estimate of drug-likeness (QED) is 0.763. The number of anilines is 1. The summed E-state index contributed by atoms with van der Waals surface area (Å²) in [5, 5.41) is 3.22. The molecule has 1 aromatic heterocycles. The van der Waals surface area contributed by atoms with Crippen molar-refractivity contribution in [2.45, 2.75) is 13.8 Å². The molecular weight excluding hydrogens is 278 g/mol. The van der Waals surface area contributed by atoms with Crippen LogP contribution in [0.4, 0.5) is 5.69 Å². The number of aromatic amines is 1. The Morgan fingerprint density at radius 3 is 2.50 bits per heavy atom. The van der Waals surface area contributed by atoms with E-state index in [1.807, 2.05) is 32.0 Å². The van der Waals surface area contributed by atoms with Gasteiger partial charge >= 0.3 is 0 Å². The van der Waals surface area contributed by atoms with Gasteiger partial charge < -0.3 is 10.3 Å². The van der Waals surface area contributed by atoms with Gasteiger partial charge in [0.1, 0.15) is 0 Å². The number of nitrogens with one attached hydrogen (secondary N) is 2. The summed E-state index contributed by atoms with van der Waals surface area (Å²) in [5.41, 5.74) is 2.96. The monoisotopic (exact) mass is 293 g/mol. The number of amides is 1. The molecule has 2 aromatic carbocycles. The number of rotatable bonds is 2. The Morgan fingerprint density at radius 2 is 1.77 bits per heavy atom. The van der Waals surface area contributed by atoms with Crippen LogP contribution in [0.2, 0.25) is 0 Å². The van der Waals surface area contributed by atoms with E-state index >= 15 is 0 Å². The van der Waals surface area contributed by atoms with Crippen LogP contribution >= 0.6 is 0 Å². The fourth-order valence-electron chi connectivity index (χ4n) is 2.43. The Kier molecular flexibility index (Phi) is 3.47. The van der Waals surface area contributed by atoms with Crippen LogP contribution in [0.25, 0.3) is 10.9 Å². The molecule has 1 heterocycles. The van der Waals surface area contributed by atoms with Gasteiger partial charge in [-0.2, -0.15) is 0 Å². The van der Waals surface area contributed by atoms with Gasteiger partial charge in [-0.05, 0) is 49.2 Å². The summed E-state index contributed by atoms with van der Waals surface area (Å²) >= 11 is 0. The SMILES string of the molecule is Cc1cc(C)cc(NC(=O)c2nc3ccccc3c(=O)[nH]2)c1. The Morgan fingerprint density at radius 1 is 1.09 bits per heavy atom. The molecule has 0 aliphatic heterocycles. The molecule has 0 saturated heterocycles. The second-order valence-electron chi connectivity index (χ2n) is 5.26. The van der Waals surface area contributed by atoms with Crippen LogP contribution in [0, 0.1) is 13.8 Å². The maximum absolute atomic E-state index is 12.3. The highest BCUT2D eigenvalue weighted by Crippen LogP contribution is 2.14. The third kappa shape index (κ3) is 2.74. The van der Waals surface area contributed by atoms with E-state index in [4.69, 9.17) is 0 Å². The summed E-state index contributed by atoms with van der Waals surface area (Å²) < 4.78 is 0. The van der Waals surface area contributed by atoms with E-state index in [1.54, 1.807) is 24.3 Å². The van der Waals surface area contributed by atoms with Gasteiger partial charge in [-0.25, -0.2) is 4.98 Å². The first-order valence-corrected chi connectivity index (χ1v) is 6.91. The van der Waals surface area contributed by atoms with Gasteiger partial charge in [0.05, 0.1) is 10.9 Å². The van der Waals surface area contributed by atoms with E-state index in [-0.39, 0.29) is 11.4 Å². The number of carbonyl (C=O) groups is 1. The van der Waals surface area contributed by atoms with Crippen LogP contribution in [-0.4, -0.2) is 15.9 Å². The minimum atomic E-state index is -0.437. The first-order valence-electron chi connectivity index (χ1n) is 6.91.